The van der Waals surface area contributed by atoms with E-state index in [1.807, 2.05) is 61.5 Å². The highest BCUT2D eigenvalue weighted by Crippen LogP contribution is 2.14. The first kappa shape index (κ1) is 17.4. The number of anilines is 1. The number of nitrogens with zero attached hydrogens (tertiary/aromatic N) is 2. The third-order valence-corrected chi connectivity index (χ3v) is 3.96. The van der Waals surface area contributed by atoms with Crippen molar-refractivity contribution in [2.45, 2.75) is 6.54 Å². The minimum absolute atomic E-state index is 0.0857. The van der Waals surface area contributed by atoms with Gasteiger partial charge in [0.2, 0.25) is 0 Å². The first-order chi connectivity index (χ1) is 12.5. The van der Waals surface area contributed by atoms with Crippen molar-refractivity contribution < 1.29 is 4.79 Å². The third-order valence-electron chi connectivity index (χ3n) is 3.96. The fourth-order valence-corrected chi connectivity index (χ4v) is 2.50. The number of pyridine rings is 2. The molecule has 0 fully saturated rings. The molecular weight excluding hydrogens is 328 g/mol. The van der Waals surface area contributed by atoms with Crippen molar-refractivity contribution in [2.24, 2.45) is 0 Å². The Morgan fingerprint density at radius 3 is 2.46 bits per heavy atom. The fraction of sp³-hybridized carbons (Fsp3) is 0.150. The van der Waals surface area contributed by atoms with E-state index in [0.29, 0.717) is 12.2 Å². The summed E-state index contributed by atoms with van der Waals surface area (Å²) in [7, 11) is 3.82. The van der Waals surface area contributed by atoms with Crippen LogP contribution in [0.4, 0.5) is 5.82 Å². The predicted octanol–water partition coefficient (Wildman–Crippen LogP) is 2.43. The zero-order valence-electron chi connectivity index (χ0n) is 14.7. The predicted molar refractivity (Wildman–Crippen MR) is 102 cm³/mol. The van der Waals surface area contributed by atoms with Crippen LogP contribution in [-0.2, 0) is 6.54 Å². The van der Waals surface area contributed by atoms with Gasteiger partial charge in [0.15, 0.2) is 0 Å². The number of aromatic nitrogens is 2. The molecule has 0 aliphatic carbocycles. The molecule has 0 unspecified atom stereocenters. The van der Waals surface area contributed by atoms with Gasteiger partial charge < -0.3 is 15.2 Å². The van der Waals surface area contributed by atoms with E-state index in [1.165, 1.54) is 0 Å². The molecule has 0 atom stereocenters. The van der Waals surface area contributed by atoms with Crippen molar-refractivity contribution in [3.05, 3.63) is 82.3 Å². The summed E-state index contributed by atoms with van der Waals surface area (Å²) < 4.78 is 0. The van der Waals surface area contributed by atoms with E-state index in [0.717, 1.165) is 16.9 Å². The van der Waals surface area contributed by atoms with Crippen LogP contribution in [0.3, 0.4) is 0 Å². The molecule has 2 heterocycles. The summed E-state index contributed by atoms with van der Waals surface area (Å²) in [4.78, 5) is 33.5. The van der Waals surface area contributed by atoms with Crippen LogP contribution in [0.2, 0.25) is 0 Å². The van der Waals surface area contributed by atoms with Crippen LogP contribution in [0.5, 0.6) is 0 Å². The van der Waals surface area contributed by atoms with Gasteiger partial charge in [0.1, 0.15) is 11.4 Å². The summed E-state index contributed by atoms with van der Waals surface area (Å²) >= 11 is 0. The fourth-order valence-electron chi connectivity index (χ4n) is 2.50. The number of benzene rings is 1. The molecule has 132 valence electrons. The highest BCUT2D eigenvalue weighted by molar-refractivity contribution is 5.94. The largest absolute Gasteiger partial charge is 0.363 e. The summed E-state index contributed by atoms with van der Waals surface area (Å²) in [5.41, 5.74) is 2.10. The number of aromatic amines is 1. The number of rotatable bonds is 5. The Morgan fingerprint density at radius 1 is 1.08 bits per heavy atom. The van der Waals surface area contributed by atoms with Gasteiger partial charge in [-0.25, -0.2) is 4.98 Å². The van der Waals surface area contributed by atoms with Crippen molar-refractivity contribution >= 4 is 11.7 Å². The molecule has 0 bridgehead atoms. The van der Waals surface area contributed by atoms with Gasteiger partial charge in [0.25, 0.3) is 11.5 Å². The minimum atomic E-state index is -0.414. The molecule has 0 saturated carbocycles. The lowest BCUT2D eigenvalue weighted by atomic mass is 10.1. The van der Waals surface area contributed by atoms with Crippen LogP contribution in [0.25, 0.3) is 11.3 Å². The lowest BCUT2D eigenvalue weighted by molar-refractivity contribution is 0.0949. The normalized spacial score (nSPS) is 10.4. The van der Waals surface area contributed by atoms with Gasteiger partial charge in [0, 0.05) is 32.5 Å². The van der Waals surface area contributed by atoms with Gasteiger partial charge in [-0.15, -0.1) is 0 Å². The second kappa shape index (κ2) is 7.65. The summed E-state index contributed by atoms with van der Waals surface area (Å²) in [6.07, 6.45) is 1.71. The van der Waals surface area contributed by atoms with Crippen LogP contribution in [0, 0.1) is 0 Å². The zero-order chi connectivity index (χ0) is 18.5. The van der Waals surface area contributed by atoms with E-state index in [2.05, 4.69) is 15.3 Å². The van der Waals surface area contributed by atoms with E-state index in [4.69, 9.17) is 0 Å². The molecule has 1 aromatic carbocycles. The van der Waals surface area contributed by atoms with E-state index < -0.39 is 11.5 Å². The lowest BCUT2D eigenvalue weighted by Crippen LogP contribution is -2.29. The van der Waals surface area contributed by atoms with E-state index >= 15 is 0 Å². The molecule has 0 radical (unpaired) electrons. The molecule has 0 aliphatic heterocycles. The van der Waals surface area contributed by atoms with E-state index in [-0.39, 0.29) is 5.56 Å². The smallest absolute Gasteiger partial charge is 0.261 e. The summed E-state index contributed by atoms with van der Waals surface area (Å²) in [6, 6.07) is 16.5. The average Bonchev–Trinajstić information content (AvgIpc) is 2.67. The Bertz CT molecular complexity index is 948. The maximum absolute atomic E-state index is 12.3. The number of hydrogen-bond donors (Lipinski definition) is 2. The first-order valence-electron chi connectivity index (χ1n) is 8.24. The molecule has 3 aromatic rings. The summed E-state index contributed by atoms with van der Waals surface area (Å²) in [6.45, 7) is 0.305. The molecule has 0 aliphatic rings. The van der Waals surface area contributed by atoms with Gasteiger partial charge in [-0.2, -0.15) is 0 Å². The van der Waals surface area contributed by atoms with E-state index in [1.54, 1.807) is 18.3 Å². The molecule has 3 rings (SSSR count). The maximum atomic E-state index is 12.3. The topological polar surface area (TPSA) is 78.1 Å². The zero-order valence-corrected chi connectivity index (χ0v) is 14.7. The Labute approximate surface area is 151 Å². The van der Waals surface area contributed by atoms with Crippen LogP contribution in [-0.4, -0.2) is 30.0 Å². The van der Waals surface area contributed by atoms with Gasteiger partial charge in [-0.05, 0) is 29.3 Å². The number of amides is 1. The molecule has 0 spiro atoms. The van der Waals surface area contributed by atoms with E-state index in [9.17, 15) is 9.59 Å². The SMILES string of the molecule is CN(C)c1ccc(CNC(=O)c2ccc(-c3ccccc3)[nH]c2=O)cn1. The Hall–Kier alpha value is -3.41. The van der Waals surface area contributed by atoms with Crippen LogP contribution >= 0.6 is 0 Å². The summed E-state index contributed by atoms with van der Waals surface area (Å²) in [5, 5.41) is 2.75. The molecule has 1 amide bonds. The van der Waals surface area contributed by atoms with Crippen molar-refractivity contribution in [3.8, 4) is 11.3 Å². The van der Waals surface area contributed by atoms with Crippen molar-refractivity contribution in [3.63, 3.8) is 0 Å². The van der Waals surface area contributed by atoms with Gasteiger partial charge in [-0.1, -0.05) is 36.4 Å². The Kier molecular flexibility index (Phi) is 5.12. The number of H-pyrrole nitrogens is 1. The Balaban J connectivity index is 1.69. The molecular formula is C20H20N4O2. The third kappa shape index (κ3) is 3.97. The van der Waals surface area contributed by atoms with Gasteiger partial charge in [-0.3, -0.25) is 9.59 Å². The second-order valence-corrected chi connectivity index (χ2v) is 6.08. The van der Waals surface area contributed by atoms with Crippen LogP contribution in [0.15, 0.2) is 65.6 Å². The first-order valence-corrected chi connectivity index (χ1v) is 8.24. The number of nitrogens with one attached hydrogen (secondary N) is 2. The molecule has 0 saturated heterocycles. The maximum Gasteiger partial charge on any atom is 0.261 e. The van der Waals surface area contributed by atoms with Crippen molar-refractivity contribution in [1.82, 2.24) is 15.3 Å². The minimum Gasteiger partial charge on any atom is -0.363 e. The molecule has 26 heavy (non-hydrogen) atoms. The summed E-state index contributed by atoms with van der Waals surface area (Å²) in [5.74, 6) is 0.426. The van der Waals surface area contributed by atoms with Gasteiger partial charge in [0.05, 0.1) is 0 Å². The molecule has 6 heteroatoms. The number of carbonyl (C=O) groups is 1. The van der Waals surface area contributed by atoms with Gasteiger partial charge >= 0.3 is 0 Å². The number of hydrogen-bond acceptors (Lipinski definition) is 4. The van der Waals surface area contributed by atoms with Crippen LogP contribution in [0.1, 0.15) is 15.9 Å². The molecule has 2 aromatic heterocycles. The highest BCUT2D eigenvalue weighted by atomic mass is 16.2. The molecule has 6 nitrogen and oxygen atoms in total. The monoisotopic (exact) mass is 348 g/mol. The Morgan fingerprint density at radius 2 is 1.85 bits per heavy atom. The van der Waals surface area contributed by atoms with Crippen molar-refractivity contribution in [2.75, 3.05) is 19.0 Å². The lowest BCUT2D eigenvalue weighted by Gasteiger charge is -2.11. The quantitative estimate of drug-likeness (QED) is 0.742. The molecule has 2 N–H and O–H groups in total. The number of carbonyl (C=O) groups excluding carboxylic acids is 1. The average molecular weight is 348 g/mol. The van der Waals surface area contributed by atoms with Crippen molar-refractivity contribution in [1.29, 1.82) is 0 Å². The highest BCUT2D eigenvalue weighted by Gasteiger charge is 2.11. The standard InChI is InChI=1S/C20H20N4O2/c1-24(2)18-11-8-14(12-21-18)13-22-19(25)16-9-10-17(23-20(16)26)15-6-4-3-5-7-15/h3-12H,13H2,1-2H3,(H,22,25)(H,23,26). The van der Waals surface area contributed by atoms with Crippen LogP contribution < -0.4 is 15.8 Å². The second-order valence-electron chi connectivity index (χ2n) is 6.08.